The van der Waals surface area contributed by atoms with E-state index in [2.05, 4.69) is 65.6 Å². The molecule has 3 saturated heterocycles. The largest absolute Gasteiger partial charge is 0.465 e. The van der Waals surface area contributed by atoms with Gasteiger partial charge in [0.15, 0.2) is 0 Å². The van der Waals surface area contributed by atoms with Crippen LogP contribution in [0, 0.1) is 5.92 Å². The lowest BCUT2D eigenvalue weighted by Crippen LogP contribution is -2.60. The first kappa shape index (κ1) is 21.9. The topological polar surface area (TPSA) is 38.8 Å². The summed E-state index contributed by atoms with van der Waals surface area (Å²) in [6.07, 6.45) is 2.50. The van der Waals surface area contributed by atoms with Crippen molar-refractivity contribution in [2.24, 2.45) is 5.92 Å². The van der Waals surface area contributed by atoms with Crippen LogP contribution in [0.5, 0.6) is 0 Å². The first-order valence-corrected chi connectivity index (χ1v) is 11.9. The standard InChI is InChI=1S/C29H31NO3/c1-32-29(31)25-14-8-9-21(19-25)20-33-28-24-15-17-30(18-16-24)27(28)26(22-10-4-2-5-11-22)23-12-6-3-7-13-23/h2-14,19,24,26-28H,15-18,20H2,1H3/t27-,28-/m1/s1. The summed E-state index contributed by atoms with van der Waals surface area (Å²) in [6, 6.07) is 29.6. The van der Waals surface area contributed by atoms with E-state index < -0.39 is 0 Å². The molecule has 6 rings (SSSR count). The van der Waals surface area contributed by atoms with Crippen LogP contribution in [-0.4, -0.2) is 43.2 Å². The molecule has 0 aromatic heterocycles. The van der Waals surface area contributed by atoms with E-state index in [0.717, 1.165) is 18.7 Å². The maximum Gasteiger partial charge on any atom is 0.337 e. The van der Waals surface area contributed by atoms with Crippen molar-refractivity contribution in [3.63, 3.8) is 0 Å². The van der Waals surface area contributed by atoms with Crippen molar-refractivity contribution in [1.29, 1.82) is 0 Å². The molecular weight excluding hydrogens is 410 g/mol. The molecule has 0 saturated carbocycles. The van der Waals surface area contributed by atoms with Crippen molar-refractivity contribution in [1.82, 2.24) is 4.90 Å². The number of hydrogen-bond donors (Lipinski definition) is 0. The molecule has 4 heteroatoms. The summed E-state index contributed by atoms with van der Waals surface area (Å²) < 4.78 is 11.6. The molecule has 3 aliphatic rings. The van der Waals surface area contributed by atoms with Crippen LogP contribution in [0.25, 0.3) is 0 Å². The normalized spacial score (nSPS) is 24.1. The number of piperidine rings is 3. The highest BCUT2D eigenvalue weighted by Crippen LogP contribution is 2.43. The van der Waals surface area contributed by atoms with Crippen molar-refractivity contribution in [2.75, 3.05) is 20.2 Å². The zero-order valence-electron chi connectivity index (χ0n) is 19.1. The smallest absolute Gasteiger partial charge is 0.337 e. The second-order valence-corrected chi connectivity index (χ2v) is 9.13. The van der Waals surface area contributed by atoms with Gasteiger partial charge in [0.1, 0.15) is 0 Å². The summed E-state index contributed by atoms with van der Waals surface area (Å²) in [5, 5.41) is 0. The summed E-state index contributed by atoms with van der Waals surface area (Å²) in [5.41, 5.74) is 4.24. The van der Waals surface area contributed by atoms with Gasteiger partial charge in [-0.05, 0) is 60.7 Å². The van der Waals surface area contributed by atoms with Gasteiger partial charge in [0, 0.05) is 12.0 Å². The molecule has 2 atom stereocenters. The summed E-state index contributed by atoms with van der Waals surface area (Å²) >= 11 is 0. The van der Waals surface area contributed by atoms with Crippen LogP contribution in [-0.2, 0) is 16.1 Å². The Labute approximate surface area is 196 Å². The second-order valence-electron chi connectivity index (χ2n) is 9.13. The van der Waals surface area contributed by atoms with E-state index in [0.29, 0.717) is 18.1 Å². The first-order chi connectivity index (χ1) is 16.2. The van der Waals surface area contributed by atoms with Crippen LogP contribution >= 0.6 is 0 Å². The Bertz CT molecular complexity index is 1020. The molecule has 3 heterocycles. The maximum absolute atomic E-state index is 12.0. The Balaban J connectivity index is 1.45. The van der Waals surface area contributed by atoms with E-state index in [1.54, 1.807) is 6.07 Å². The Morgan fingerprint density at radius 2 is 1.55 bits per heavy atom. The molecule has 0 unspecified atom stereocenters. The van der Waals surface area contributed by atoms with Crippen LogP contribution in [0.3, 0.4) is 0 Å². The van der Waals surface area contributed by atoms with Crippen molar-refractivity contribution in [2.45, 2.75) is 37.5 Å². The molecule has 2 bridgehead atoms. The number of fused-ring (bicyclic) bond motifs is 3. The lowest BCUT2D eigenvalue weighted by Gasteiger charge is -2.53. The van der Waals surface area contributed by atoms with Crippen LogP contribution in [0.4, 0.5) is 0 Å². The average molecular weight is 442 g/mol. The summed E-state index contributed by atoms with van der Waals surface area (Å²) in [5.74, 6) is 0.492. The minimum absolute atomic E-state index is 0.139. The van der Waals surface area contributed by atoms with Crippen molar-refractivity contribution < 1.29 is 14.3 Å². The van der Waals surface area contributed by atoms with Crippen molar-refractivity contribution >= 4 is 5.97 Å². The number of hydrogen-bond acceptors (Lipinski definition) is 4. The van der Waals surface area contributed by atoms with E-state index in [1.165, 1.54) is 31.1 Å². The Hall–Kier alpha value is -2.95. The number of esters is 1. The van der Waals surface area contributed by atoms with Gasteiger partial charge < -0.3 is 9.47 Å². The third-order valence-electron chi connectivity index (χ3n) is 7.25. The molecule has 3 aromatic carbocycles. The molecule has 0 radical (unpaired) electrons. The fraction of sp³-hybridized carbons (Fsp3) is 0.345. The highest BCUT2D eigenvalue weighted by atomic mass is 16.5. The average Bonchev–Trinajstić information content (AvgIpc) is 2.89. The van der Waals surface area contributed by atoms with Gasteiger partial charge in [-0.15, -0.1) is 0 Å². The van der Waals surface area contributed by atoms with Gasteiger partial charge in [-0.25, -0.2) is 4.79 Å². The predicted octanol–water partition coefficient (Wildman–Crippen LogP) is 5.28. The zero-order chi connectivity index (χ0) is 22.6. The van der Waals surface area contributed by atoms with E-state index >= 15 is 0 Å². The molecule has 4 nitrogen and oxygen atoms in total. The van der Waals surface area contributed by atoms with Crippen molar-refractivity contribution in [3.8, 4) is 0 Å². The summed E-state index contributed by atoms with van der Waals surface area (Å²) in [7, 11) is 1.41. The highest BCUT2D eigenvalue weighted by molar-refractivity contribution is 5.89. The second kappa shape index (κ2) is 9.90. The highest BCUT2D eigenvalue weighted by Gasteiger charge is 2.47. The van der Waals surface area contributed by atoms with Crippen LogP contribution in [0.15, 0.2) is 84.9 Å². The molecule has 3 fully saturated rings. The van der Waals surface area contributed by atoms with Gasteiger partial charge in [-0.2, -0.15) is 0 Å². The molecular formula is C29H31NO3. The van der Waals surface area contributed by atoms with Gasteiger partial charge in [0.25, 0.3) is 0 Å². The minimum Gasteiger partial charge on any atom is -0.465 e. The molecule has 0 aliphatic carbocycles. The van der Waals surface area contributed by atoms with Crippen LogP contribution in [0.2, 0.25) is 0 Å². The lowest BCUT2D eigenvalue weighted by atomic mass is 9.72. The Morgan fingerprint density at radius 3 is 2.15 bits per heavy atom. The van der Waals surface area contributed by atoms with Gasteiger partial charge in [-0.1, -0.05) is 72.8 Å². The maximum atomic E-state index is 12.0. The van der Waals surface area contributed by atoms with E-state index in [1.807, 2.05) is 18.2 Å². The van der Waals surface area contributed by atoms with E-state index in [-0.39, 0.29) is 24.0 Å². The Morgan fingerprint density at radius 1 is 0.909 bits per heavy atom. The lowest BCUT2D eigenvalue weighted by molar-refractivity contribution is -0.120. The summed E-state index contributed by atoms with van der Waals surface area (Å²) in [4.78, 5) is 14.6. The number of methoxy groups -OCH3 is 1. The third kappa shape index (κ3) is 4.59. The summed E-state index contributed by atoms with van der Waals surface area (Å²) in [6.45, 7) is 2.75. The van der Waals surface area contributed by atoms with E-state index in [4.69, 9.17) is 9.47 Å². The first-order valence-electron chi connectivity index (χ1n) is 11.9. The quantitative estimate of drug-likeness (QED) is 0.468. The number of benzene rings is 3. The number of ether oxygens (including phenoxy) is 2. The molecule has 3 aromatic rings. The minimum atomic E-state index is -0.314. The SMILES string of the molecule is COC(=O)c1cccc(CO[C@@H]2C3CCN(CC3)[C@@H]2C(c2ccccc2)c2ccccc2)c1. The number of carbonyl (C=O) groups excluding carboxylic acids is 1. The van der Waals surface area contributed by atoms with Gasteiger partial charge in [0.2, 0.25) is 0 Å². The van der Waals surface area contributed by atoms with E-state index in [9.17, 15) is 4.79 Å². The molecule has 0 spiro atoms. The number of nitrogens with zero attached hydrogens (tertiary/aromatic N) is 1. The van der Waals surface area contributed by atoms with Crippen LogP contribution in [0.1, 0.15) is 45.8 Å². The number of carbonyl (C=O) groups is 1. The van der Waals surface area contributed by atoms with Gasteiger partial charge in [-0.3, -0.25) is 4.90 Å². The van der Waals surface area contributed by atoms with Crippen molar-refractivity contribution in [3.05, 3.63) is 107 Å². The molecule has 0 amide bonds. The van der Waals surface area contributed by atoms with Crippen LogP contribution < -0.4 is 0 Å². The monoisotopic (exact) mass is 441 g/mol. The third-order valence-corrected chi connectivity index (χ3v) is 7.25. The number of rotatable bonds is 7. The Kier molecular flexibility index (Phi) is 6.56. The zero-order valence-corrected chi connectivity index (χ0v) is 19.1. The molecule has 0 N–H and O–H groups in total. The molecule has 3 aliphatic heterocycles. The fourth-order valence-corrected chi connectivity index (χ4v) is 5.67. The predicted molar refractivity (Wildman–Crippen MR) is 129 cm³/mol. The molecule has 33 heavy (non-hydrogen) atoms. The fourth-order valence-electron chi connectivity index (χ4n) is 5.67. The molecule has 170 valence electrons. The van der Waals surface area contributed by atoms with Gasteiger partial charge in [0.05, 0.1) is 25.4 Å². The van der Waals surface area contributed by atoms with Gasteiger partial charge >= 0.3 is 5.97 Å².